The Morgan fingerprint density at radius 1 is 1.62 bits per heavy atom. The molecule has 1 aromatic carbocycles. The van der Waals surface area contributed by atoms with Crippen molar-refractivity contribution in [2.24, 2.45) is 0 Å². The van der Waals surface area contributed by atoms with Crippen LogP contribution in [0.5, 0.6) is 0 Å². The first-order chi connectivity index (χ1) is 7.63. The van der Waals surface area contributed by atoms with E-state index in [4.69, 9.17) is 11.0 Å². The number of hydrogen-bond donors (Lipinski definition) is 2. The molecule has 1 rings (SSSR count). The minimum absolute atomic E-state index is 0.0351. The molecule has 0 aliphatic heterocycles. The van der Waals surface area contributed by atoms with Crippen molar-refractivity contribution < 1.29 is 4.79 Å². The molecule has 16 heavy (non-hydrogen) atoms. The summed E-state index contributed by atoms with van der Waals surface area (Å²) in [6.07, 6.45) is 0. The van der Waals surface area contributed by atoms with Crippen LogP contribution in [-0.2, 0) is 4.79 Å². The van der Waals surface area contributed by atoms with E-state index in [1.807, 2.05) is 18.2 Å². The quantitative estimate of drug-likeness (QED) is 0.504. The highest BCUT2D eigenvalue weighted by molar-refractivity contribution is 9.10. The highest BCUT2D eigenvalue weighted by Crippen LogP contribution is 2.27. The highest BCUT2D eigenvalue weighted by atomic mass is 79.9. The summed E-state index contributed by atoms with van der Waals surface area (Å²) in [7, 11) is 0. The number of nitrogens with zero attached hydrogens (tertiary/aromatic N) is 1. The number of nitrogens with two attached hydrogens (primary N) is 1. The molecule has 0 heterocycles. The van der Waals surface area contributed by atoms with Gasteiger partial charge in [0.25, 0.3) is 0 Å². The van der Waals surface area contributed by atoms with Crippen LogP contribution in [0, 0.1) is 11.3 Å². The van der Waals surface area contributed by atoms with Crippen LogP contribution in [0.15, 0.2) is 27.6 Å². The molecule has 0 aliphatic carbocycles. The van der Waals surface area contributed by atoms with E-state index >= 15 is 0 Å². The minimum Gasteiger partial charge on any atom is -0.398 e. The van der Waals surface area contributed by atoms with Crippen LogP contribution in [0.3, 0.4) is 0 Å². The summed E-state index contributed by atoms with van der Waals surface area (Å²) in [6, 6.07) is 7.32. The first-order valence-corrected chi connectivity index (χ1v) is 6.23. The predicted molar refractivity (Wildman–Crippen MR) is 67.9 cm³/mol. The lowest BCUT2D eigenvalue weighted by molar-refractivity contribution is -0.118. The minimum atomic E-state index is -0.175. The van der Waals surface area contributed by atoms with E-state index in [0.717, 1.165) is 9.37 Å². The SMILES string of the molecule is N#CCNC(=O)CSc1cc(Br)ccc1N. The summed E-state index contributed by atoms with van der Waals surface area (Å²) in [5, 5.41) is 10.7. The Morgan fingerprint density at radius 3 is 3.06 bits per heavy atom. The number of thioether (sulfide) groups is 1. The molecule has 0 atom stereocenters. The summed E-state index contributed by atoms with van der Waals surface area (Å²) < 4.78 is 0.918. The van der Waals surface area contributed by atoms with Crippen molar-refractivity contribution in [1.82, 2.24) is 5.32 Å². The fraction of sp³-hybridized carbons (Fsp3) is 0.200. The van der Waals surface area contributed by atoms with Gasteiger partial charge in [-0.3, -0.25) is 4.79 Å². The van der Waals surface area contributed by atoms with Gasteiger partial charge in [-0.25, -0.2) is 0 Å². The van der Waals surface area contributed by atoms with E-state index < -0.39 is 0 Å². The number of rotatable bonds is 4. The Kier molecular flexibility index (Phi) is 5.15. The van der Waals surface area contributed by atoms with Crippen molar-refractivity contribution in [3.8, 4) is 6.07 Å². The molecular weight excluding hydrogens is 290 g/mol. The predicted octanol–water partition coefficient (Wildman–Crippen LogP) is 1.76. The van der Waals surface area contributed by atoms with Crippen LogP contribution in [0.25, 0.3) is 0 Å². The number of carbonyl (C=O) groups is 1. The molecule has 3 N–H and O–H groups in total. The van der Waals surface area contributed by atoms with E-state index in [-0.39, 0.29) is 18.2 Å². The summed E-state index contributed by atoms with van der Waals surface area (Å²) in [6.45, 7) is 0.0351. The third-order valence-electron chi connectivity index (χ3n) is 1.70. The lowest BCUT2D eigenvalue weighted by Crippen LogP contribution is -2.25. The molecule has 4 nitrogen and oxygen atoms in total. The number of nitrogen functional groups attached to an aromatic ring is 1. The van der Waals surface area contributed by atoms with Gasteiger partial charge >= 0.3 is 0 Å². The smallest absolute Gasteiger partial charge is 0.231 e. The first kappa shape index (κ1) is 12.9. The number of nitrogens with one attached hydrogen (secondary N) is 1. The highest BCUT2D eigenvalue weighted by Gasteiger charge is 2.05. The van der Waals surface area contributed by atoms with Crippen molar-refractivity contribution >= 4 is 39.3 Å². The maximum atomic E-state index is 11.2. The Labute approximate surface area is 106 Å². The molecule has 0 spiro atoms. The number of benzene rings is 1. The average molecular weight is 300 g/mol. The van der Waals surface area contributed by atoms with Crippen LogP contribution in [0.2, 0.25) is 0 Å². The second kappa shape index (κ2) is 6.40. The van der Waals surface area contributed by atoms with Crippen molar-refractivity contribution in [3.05, 3.63) is 22.7 Å². The van der Waals surface area contributed by atoms with Gasteiger partial charge in [-0.2, -0.15) is 5.26 Å². The second-order valence-electron chi connectivity index (χ2n) is 2.91. The van der Waals surface area contributed by atoms with Gasteiger partial charge in [-0.1, -0.05) is 15.9 Å². The first-order valence-electron chi connectivity index (χ1n) is 4.45. The van der Waals surface area contributed by atoms with E-state index in [2.05, 4.69) is 21.2 Å². The van der Waals surface area contributed by atoms with Crippen molar-refractivity contribution in [2.75, 3.05) is 18.0 Å². The van der Waals surface area contributed by atoms with Gasteiger partial charge in [-0.15, -0.1) is 11.8 Å². The zero-order chi connectivity index (χ0) is 12.0. The molecule has 84 valence electrons. The Morgan fingerprint density at radius 2 is 2.38 bits per heavy atom. The zero-order valence-electron chi connectivity index (χ0n) is 8.37. The normalized spacial score (nSPS) is 9.50. The Balaban J connectivity index is 2.51. The lowest BCUT2D eigenvalue weighted by Gasteiger charge is -2.05. The maximum absolute atomic E-state index is 11.2. The molecule has 0 fully saturated rings. The lowest BCUT2D eigenvalue weighted by atomic mass is 10.3. The molecule has 0 bridgehead atoms. The summed E-state index contributed by atoms with van der Waals surface area (Å²) in [5.41, 5.74) is 6.39. The Bertz CT molecular complexity index is 431. The fourth-order valence-corrected chi connectivity index (χ4v) is 2.31. The molecule has 0 radical (unpaired) electrons. The fourth-order valence-electron chi connectivity index (χ4n) is 0.966. The van der Waals surface area contributed by atoms with Crippen LogP contribution in [0.1, 0.15) is 0 Å². The molecule has 1 aromatic rings. The van der Waals surface area contributed by atoms with Crippen LogP contribution >= 0.6 is 27.7 Å². The van der Waals surface area contributed by atoms with Crippen LogP contribution in [-0.4, -0.2) is 18.2 Å². The molecule has 0 aliphatic rings. The van der Waals surface area contributed by atoms with Crippen molar-refractivity contribution in [1.29, 1.82) is 5.26 Å². The monoisotopic (exact) mass is 299 g/mol. The molecule has 0 unspecified atom stereocenters. The van der Waals surface area contributed by atoms with Crippen molar-refractivity contribution in [3.63, 3.8) is 0 Å². The molecule has 0 saturated heterocycles. The number of anilines is 1. The van der Waals surface area contributed by atoms with Crippen LogP contribution in [0.4, 0.5) is 5.69 Å². The van der Waals surface area contributed by atoms with E-state index in [1.165, 1.54) is 11.8 Å². The molecule has 0 aromatic heterocycles. The second-order valence-corrected chi connectivity index (χ2v) is 4.84. The number of halogens is 1. The maximum Gasteiger partial charge on any atom is 0.231 e. The number of hydrogen-bond acceptors (Lipinski definition) is 4. The molecule has 6 heteroatoms. The molecular formula is C10H10BrN3OS. The average Bonchev–Trinajstić information content (AvgIpc) is 2.27. The van der Waals surface area contributed by atoms with Gasteiger partial charge in [0.1, 0.15) is 6.54 Å². The standard InChI is InChI=1S/C10H10BrN3OS/c11-7-1-2-8(13)9(5-7)16-6-10(15)14-4-3-12/h1-2,5H,4,6,13H2,(H,14,15). The van der Waals surface area contributed by atoms with Gasteiger partial charge in [0.05, 0.1) is 11.8 Å². The van der Waals surface area contributed by atoms with Gasteiger partial charge in [0, 0.05) is 15.1 Å². The van der Waals surface area contributed by atoms with E-state index in [0.29, 0.717) is 5.69 Å². The van der Waals surface area contributed by atoms with Gasteiger partial charge in [0.15, 0.2) is 0 Å². The van der Waals surface area contributed by atoms with Crippen LogP contribution < -0.4 is 11.1 Å². The molecule has 1 amide bonds. The van der Waals surface area contributed by atoms with Gasteiger partial charge < -0.3 is 11.1 Å². The van der Waals surface area contributed by atoms with E-state index in [9.17, 15) is 4.79 Å². The number of nitriles is 1. The topological polar surface area (TPSA) is 78.9 Å². The molecule has 0 saturated carbocycles. The van der Waals surface area contributed by atoms with Gasteiger partial charge in [0.2, 0.25) is 5.91 Å². The third kappa shape index (κ3) is 4.13. The summed E-state index contributed by atoms with van der Waals surface area (Å²) in [5.74, 6) is 0.0772. The number of carbonyl (C=O) groups excluding carboxylic acids is 1. The Hall–Kier alpha value is -1.19. The summed E-state index contributed by atoms with van der Waals surface area (Å²) >= 11 is 4.68. The largest absolute Gasteiger partial charge is 0.398 e. The zero-order valence-corrected chi connectivity index (χ0v) is 10.8. The van der Waals surface area contributed by atoms with Gasteiger partial charge in [-0.05, 0) is 18.2 Å². The third-order valence-corrected chi connectivity index (χ3v) is 3.26. The number of amides is 1. The van der Waals surface area contributed by atoms with Crippen molar-refractivity contribution in [2.45, 2.75) is 4.90 Å². The van der Waals surface area contributed by atoms with E-state index in [1.54, 1.807) is 6.07 Å². The summed E-state index contributed by atoms with van der Waals surface area (Å²) in [4.78, 5) is 12.1.